The fraction of sp³-hybridized carbons (Fsp3) is 0.619. The molecule has 0 radical (unpaired) electrons. The second-order valence-corrected chi connectivity index (χ2v) is 7.99. The summed E-state index contributed by atoms with van der Waals surface area (Å²) in [6, 6.07) is 6.52. The van der Waals surface area contributed by atoms with Crippen LogP contribution < -0.4 is 5.32 Å². The number of hydrogen-bond acceptors (Lipinski definition) is 4. The Balaban J connectivity index is 1.45. The molecule has 0 saturated carbocycles. The highest BCUT2D eigenvalue weighted by molar-refractivity contribution is 5.95. The number of nitrogens with one attached hydrogen (secondary N) is 1. The summed E-state index contributed by atoms with van der Waals surface area (Å²) in [5, 5.41) is 2.95. The molecule has 2 saturated heterocycles. The van der Waals surface area contributed by atoms with E-state index in [2.05, 4.69) is 15.1 Å². The van der Waals surface area contributed by atoms with Crippen LogP contribution in [0.25, 0.3) is 0 Å². The predicted octanol–water partition coefficient (Wildman–Crippen LogP) is 1.87. The molecular formula is C21H32N4O2. The van der Waals surface area contributed by atoms with Crippen molar-refractivity contribution in [3.63, 3.8) is 0 Å². The number of rotatable bonds is 6. The Morgan fingerprint density at radius 3 is 2.48 bits per heavy atom. The van der Waals surface area contributed by atoms with E-state index in [1.807, 2.05) is 32.0 Å². The number of likely N-dealkylation sites (N-methyl/N-ethyl adjacent to an activating group) is 1. The Morgan fingerprint density at radius 2 is 1.81 bits per heavy atom. The zero-order chi connectivity index (χ0) is 19.4. The van der Waals surface area contributed by atoms with Crippen LogP contribution in [0.5, 0.6) is 0 Å². The number of carbonyl (C=O) groups excluding carboxylic acids is 2. The lowest BCUT2D eigenvalue weighted by Gasteiger charge is -2.24. The van der Waals surface area contributed by atoms with E-state index in [4.69, 9.17) is 0 Å². The SMILES string of the molecule is Cc1cccc(C)c1NC(=O)CN(C)C(=O)CN1CCC(N2CCCC2)C1. The summed E-state index contributed by atoms with van der Waals surface area (Å²) in [7, 11) is 1.71. The molecule has 1 aromatic carbocycles. The zero-order valence-electron chi connectivity index (χ0n) is 16.8. The first-order valence-corrected chi connectivity index (χ1v) is 10.0. The van der Waals surface area contributed by atoms with Gasteiger partial charge in [0.25, 0.3) is 0 Å². The fourth-order valence-electron chi connectivity index (χ4n) is 4.17. The van der Waals surface area contributed by atoms with Crippen LogP contribution in [0.15, 0.2) is 18.2 Å². The van der Waals surface area contributed by atoms with Crippen molar-refractivity contribution in [3.05, 3.63) is 29.3 Å². The number of anilines is 1. The number of benzene rings is 1. The highest BCUT2D eigenvalue weighted by atomic mass is 16.2. The molecule has 2 aliphatic rings. The number of aryl methyl sites for hydroxylation is 2. The lowest BCUT2D eigenvalue weighted by molar-refractivity contribution is -0.134. The van der Waals surface area contributed by atoms with Gasteiger partial charge in [-0.05, 0) is 57.3 Å². The van der Waals surface area contributed by atoms with Gasteiger partial charge in [0.15, 0.2) is 0 Å². The molecular weight excluding hydrogens is 340 g/mol. The summed E-state index contributed by atoms with van der Waals surface area (Å²) in [6.45, 7) is 8.76. The molecule has 27 heavy (non-hydrogen) atoms. The van der Waals surface area contributed by atoms with Crippen LogP contribution in [0, 0.1) is 13.8 Å². The van der Waals surface area contributed by atoms with Gasteiger partial charge in [-0.3, -0.25) is 19.4 Å². The molecule has 6 heteroatoms. The van der Waals surface area contributed by atoms with Crippen LogP contribution in [0.3, 0.4) is 0 Å². The fourth-order valence-corrected chi connectivity index (χ4v) is 4.17. The third kappa shape index (κ3) is 5.08. The van der Waals surface area contributed by atoms with Crippen molar-refractivity contribution < 1.29 is 9.59 Å². The highest BCUT2D eigenvalue weighted by Crippen LogP contribution is 2.21. The molecule has 0 spiro atoms. The third-order valence-corrected chi connectivity index (χ3v) is 5.82. The standard InChI is InChI=1S/C21H32N4O2/c1-16-7-6-8-17(2)21(16)22-19(26)14-23(3)20(27)15-24-12-9-18(13-24)25-10-4-5-11-25/h6-8,18H,4-5,9-15H2,1-3H3,(H,22,26). The summed E-state index contributed by atoms with van der Waals surface area (Å²) in [5.41, 5.74) is 2.90. The molecule has 1 aromatic rings. The van der Waals surface area contributed by atoms with E-state index >= 15 is 0 Å². The zero-order valence-corrected chi connectivity index (χ0v) is 16.8. The van der Waals surface area contributed by atoms with Gasteiger partial charge in [0.2, 0.25) is 11.8 Å². The van der Waals surface area contributed by atoms with Crippen molar-refractivity contribution >= 4 is 17.5 Å². The van der Waals surface area contributed by atoms with Crippen molar-refractivity contribution in [1.82, 2.24) is 14.7 Å². The lowest BCUT2D eigenvalue weighted by atomic mass is 10.1. The van der Waals surface area contributed by atoms with E-state index in [0.29, 0.717) is 12.6 Å². The maximum atomic E-state index is 12.5. The van der Waals surface area contributed by atoms with E-state index in [-0.39, 0.29) is 18.4 Å². The molecule has 2 aliphatic heterocycles. The van der Waals surface area contributed by atoms with Crippen LogP contribution in [0.2, 0.25) is 0 Å². The van der Waals surface area contributed by atoms with E-state index in [0.717, 1.165) is 36.3 Å². The lowest BCUT2D eigenvalue weighted by Crippen LogP contribution is -2.42. The molecule has 0 bridgehead atoms. The van der Waals surface area contributed by atoms with E-state index in [1.54, 1.807) is 7.05 Å². The topological polar surface area (TPSA) is 55.9 Å². The molecule has 1 N–H and O–H groups in total. The summed E-state index contributed by atoms with van der Waals surface area (Å²) in [4.78, 5) is 31.2. The first-order valence-electron chi connectivity index (χ1n) is 10.0. The van der Waals surface area contributed by atoms with Crippen molar-refractivity contribution in [3.8, 4) is 0 Å². The summed E-state index contributed by atoms with van der Waals surface area (Å²) < 4.78 is 0. The molecule has 6 nitrogen and oxygen atoms in total. The molecule has 2 heterocycles. The minimum absolute atomic E-state index is 0.00808. The van der Waals surface area contributed by atoms with Crippen molar-refractivity contribution in [2.45, 2.75) is 39.2 Å². The largest absolute Gasteiger partial charge is 0.335 e. The van der Waals surface area contributed by atoms with Crippen molar-refractivity contribution in [2.24, 2.45) is 0 Å². The van der Waals surface area contributed by atoms with Gasteiger partial charge in [-0.15, -0.1) is 0 Å². The van der Waals surface area contributed by atoms with Crippen molar-refractivity contribution in [1.29, 1.82) is 0 Å². The average Bonchev–Trinajstić information content (AvgIpc) is 3.29. The van der Waals surface area contributed by atoms with Gasteiger partial charge < -0.3 is 10.2 Å². The monoisotopic (exact) mass is 372 g/mol. The third-order valence-electron chi connectivity index (χ3n) is 5.82. The van der Waals surface area contributed by atoms with Gasteiger partial charge in [-0.25, -0.2) is 0 Å². The second-order valence-electron chi connectivity index (χ2n) is 7.99. The molecule has 148 valence electrons. The number of hydrogen-bond donors (Lipinski definition) is 1. The second kappa shape index (κ2) is 8.85. The molecule has 0 aliphatic carbocycles. The van der Waals surface area contributed by atoms with E-state index in [9.17, 15) is 9.59 Å². The first kappa shape index (κ1) is 19.8. The number of carbonyl (C=O) groups is 2. The smallest absolute Gasteiger partial charge is 0.243 e. The van der Waals surface area contributed by atoms with Gasteiger partial charge in [0, 0.05) is 31.9 Å². The Morgan fingerprint density at radius 1 is 1.15 bits per heavy atom. The molecule has 1 unspecified atom stereocenters. The Labute approximate surface area is 162 Å². The van der Waals surface area contributed by atoms with Gasteiger partial charge in [-0.2, -0.15) is 0 Å². The summed E-state index contributed by atoms with van der Waals surface area (Å²) in [5.74, 6) is -0.145. The molecule has 2 fully saturated rings. The first-order chi connectivity index (χ1) is 12.9. The molecule has 1 atom stereocenters. The Bertz CT molecular complexity index is 665. The maximum Gasteiger partial charge on any atom is 0.243 e. The predicted molar refractivity (Wildman–Crippen MR) is 108 cm³/mol. The van der Waals surface area contributed by atoms with Crippen LogP contribution >= 0.6 is 0 Å². The number of likely N-dealkylation sites (tertiary alicyclic amines) is 2. The van der Waals surface area contributed by atoms with Crippen molar-refractivity contribution in [2.75, 3.05) is 51.6 Å². The normalized spacial score (nSPS) is 20.8. The van der Waals surface area contributed by atoms with Crippen LogP contribution in [0.4, 0.5) is 5.69 Å². The van der Waals surface area contributed by atoms with E-state index in [1.165, 1.54) is 30.8 Å². The number of nitrogens with zero attached hydrogens (tertiary/aromatic N) is 3. The summed E-state index contributed by atoms with van der Waals surface area (Å²) in [6.07, 6.45) is 3.74. The van der Waals surface area contributed by atoms with Crippen LogP contribution in [0.1, 0.15) is 30.4 Å². The van der Waals surface area contributed by atoms with Gasteiger partial charge in [-0.1, -0.05) is 18.2 Å². The maximum absolute atomic E-state index is 12.5. The highest BCUT2D eigenvalue weighted by Gasteiger charge is 2.30. The quantitative estimate of drug-likeness (QED) is 0.828. The van der Waals surface area contributed by atoms with Gasteiger partial charge >= 0.3 is 0 Å². The van der Waals surface area contributed by atoms with Gasteiger partial charge in [0.1, 0.15) is 0 Å². The average molecular weight is 373 g/mol. The number of para-hydroxylation sites is 1. The minimum atomic E-state index is -0.153. The van der Waals surface area contributed by atoms with Crippen LogP contribution in [-0.2, 0) is 9.59 Å². The van der Waals surface area contributed by atoms with Gasteiger partial charge in [0.05, 0.1) is 13.1 Å². The molecule has 0 aromatic heterocycles. The number of amides is 2. The van der Waals surface area contributed by atoms with E-state index < -0.39 is 0 Å². The Hall–Kier alpha value is -1.92. The summed E-state index contributed by atoms with van der Waals surface area (Å²) >= 11 is 0. The van der Waals surface area contributed by atoms with Crippen LogP contribution in [-0.4, -0.2) is 78.9 Å². The minimum Gasteiger partial charge on any atom is -0.335 e. The molecule has 3 rings (SSSR count). The molecule has 2 amide bonds. The Kier molecular flexibility index (Phi) is 6.50.